The second kappa shape index (κ2) is 5.64. The molecule has 0 aromatic heterocycles. The van der Waals surface area contributed by atoms with Crippen LogP contribution in [-0.2, 0) is 0 Å². The van der Waals surface area contributed by atoms with Gasteiger partial charge in [0.1, 0.15) is 29.0 Å². The normalized spacial score (nSPS) is 12.3. The number of carbonyl (C=O) groups excluding carboxylic acids is 1. The van der Waals surface area contributed by atoms with Crippen molar-refractivity contribution < 1.29 is 14.3 Å². The molecule has 0 heterocycles. The largest absolute Gasteiger partial charge is 0.488 e. The molecule has 0 amide bonds. The van der Waals surface area contributed by atoms with Gasteiger partial charge in [-0.1, -0.05) is 6.07 Å². The highest BCUT2D eigenvalue weighted by molar-refractivity contribution is 5.94. The zero-order valence-corrected chi connectivity index (χ0v) is 14.2. The van der Waals surface area contributed by atoms with E-state index in [1.807, 2.05) is 65.8 Å². The van der Waals surface area contributed by atoms with Crippen molar-refractivity contribution in [3.63, 3.8) is 0 Å². The van der Waals surface area contributed by atoms with Crippen LogP contribution in [-0.4, -0.2) is 17.5 Å². The maximum absolute atomic E-state index is 11.1. The quantitative estimate of drug-likeness (QED) is 0.748. The number of ether oxygens (including phenoxy) is 2. The fourth-order valence-electron chi connectivity index (χ4n) is 2.22. The van der Waals surface area contributed by atoms with Crippen molar-refractivity contribution in [3.8, 4) is 11.5 Å². The fraction of sp³-hybridized carbons (Fsp3) is 0.421. The second-order valence-electron chi connectivity index (χ2n) is 7.45. The first-order valence-electron chi connectivity index (χ1n) is 7.48. The molecule has 0 spiro atoms. The van der Waals surface area contributed by atoms with E-state index in [1.165, 1.54) is 0 Å². The Morgan fingerprint density at radius 1 is 0.864 bits per heavy atom. The van der Waals surface area contributed by atoms with Crippen LogP contribution in [0.2, 0.25) is 0 Å². The summed E-state index contributed by atoms with van der Waals surface area (Å²) in [5.41, 5.74) is 0.00722. The van der Waals surface area contributed by atoms with E-state index >= 15 is 0 Å². The molecule has 2 aromatic rings. The van der Waals surface area contributed by atoms with Crippen molar-refractivity contribution in [1.29, 1.82) is 0 Å². The average molecular weight is 300 g/mol. The minimum atomic E-state index is -0.338. The van der Waals surface area contributed by atoms with E-state index in [1.54, 1.807) is 6.07 Å². The molecule has 0 radical (unpaired) electrons. The molecule has 3 heteroatoms. The number of benzene rings is 2. The van der Waals surface area contributed by atoms with Crippen molar-refractivity contribution in [2.24, 2.45) is 0 Å². The van der Waals surface area contributed by atoms with Gasteiger partial charge < -0.3 is 9.47 Å². The van der Waals surface area contributed by atoms with Crippen molar-refractivity contribution in [2.75, 3.05) is 0 Å². The van der Waals surface area contributed by atoms with E-state index in [0.717, 1.165) is 22.8 Å². The van der Waals surface area contributed by atoms with Gasteiger partial charge in [-0.15, -0.1) is 0 Å². The van der Waals surface area contributed by atoms with Gasteiger partial charge in [0.2, 0.25) is 0 Å². The smallest absolute Gasteiger partial charge is 0.150 e. The van der Waals surface area contributed by atoms with Gasteiger partial charge >= 0.3 is 0 Å². The molecule has 0 aliphatic carbocycles. The first-order chi connectivity index (χ1) is 10.1. The first-order valence-corrected chi connectivity index (χ1v) is 7.48. The Bertz CT molecular complexity index is 688. The molecule has 22 heavy (non-hydrogen) atoms. The Kier molecular flexibility index (Phi) is 4.19. The summed E-state index contributed by atoms with van der Waals surface area (Å²) in [4.78, 5) is 11.1. The Morgan fingerprint density at radius 2 is 1.50 bits per heavy atom. The van der Waals surface area contributed by atoms with Gasteiger partial charge in [-0.25, -0.2) is 0 Å². The van der Waals surface area contributed by atoms with Gasteiger partial charge in [-0.05, 0) is 71.2 Å². The van der Waals surface area contributed by atoms with Crippen LogP contribution in [0.1, 0.15) is 51.9 Å². The van der Waals surface area contributed by atoms with E-state index < -0.39 is 0 Å². The molecule has 3 nitrogen and oxygen atoms in total. The lowest BCUT2D eigenvalue weighted by atomic mass is 10.0. The Balaban J connectivity index is 2.57. The third-order valence-electron chi connectivity index (χ3n) is 2.89. The molecule has 2 aromatic carbocycles. The molecule has 2 rings (SSSR count). The van der Waals surface area contributed by atoms with E-state index in [0.29, 0.717) is 11.3 Å². The predicted octanol–water partition coefficient (Wildman–Crippen LogP) is 5.01. The van der Waals surface area contributed by atoms with Crippen LogP contribution < -0.4 is 9.47 Å². The van der Waals surface area contributed by atoms with Crippen LogP contribution in [0.4, 0.5) is 0 Å². The number of fused-ring (bicyclic) bond motifs is 1. The third kappa shape index (κ3) is 4.23. The highest BCUT2D eigenvalue weighted by Gasteiger charge is 2.17. The standard InChI is InChI=1S/C19H24O3/c1-18(2,3)21-15-8-7-14-9-13(12-20)10-17(16(14)11-15)22-19(4,5)6/h7-12H,1-6H3. The number of aldehydes is 1. The van der Waals surface area contributed by atoms with Gasteiger partial charge in [0.15, 0.2) is 0 Å². The van der Waals surface area contributed by atoms with Crippen LogP contribution in [0.3, 0.4) is 0 Å². The highest BCUT2D eigenvalue weighted by Crippen LogP contribution is 2.33. The topological polar surface area (TPSA) is 35.5 Å². The number of hydrogen-bond acceptors (Lipinski definition) is 3. The van der Waals surface area contributed by atoms with Crippen molar-refractivity contribution in [2.45, 2.75) is 52.7 Å². The summed E-state index contributed by atoms with van der Waals surface area (Å²) in [6.07, 6.45) is 0.842. The number of hydrogen-bond donors (Lipinski definition) is 0. The SMILES string of the molecule is CC(C)(C)Oc1ccc2cc(C=O)cc(OC(C)(C)C)c2c1. The lowest BCUT2D eigenvalue weighted by Gasteiger charge is -2.24. The molecule has 0 N–H and O–H groups in total. The summed E-state index contributed by atoms with van der Waals surface area (Å²) in [6, 6.07) is 9.48. The number of carbonyl (C=O) groups is 1. The van der Waals surface area contributed by atoms with Crippen LogP contribution in [0.15, 0.2) is 30.3 Å². The fourth-order valence-corrected chi connectivity index (χ4v) is 2.22. The van der Waals surface area contributed by atoms with Crippen molar-refractivity contribution in [3.05, 3.63) is 35.9 Å². The zero-order valence-electron chi connectivity index (χ0n) is 14.2. The van der Waals surface area contributed by atoms with Crippen LogP contribution in [0.5, 0.6) is 11.5 Å². The molecule has 0 fully saturated rings. The first kappa shape index (κ1) is 16.3. The van der Waals surface area contributed by atoms with Gasteiger partial charge in [0, 0.05) is 10.9 Å². The summed E-state index contributed by atoms with van der Waals surface area (Å²) in [6.45, 7) is 12.0. The summed E-state index contributed by atoms with van der Waals surface area (Å²) >= 11 is 0. The Morgan fingerprint density at radius 3 is 2.05 bits per heavy atom. The molecular formula is C19H24O3. The third-order valence-corrected chi connectivity index (χ3v) is 2.89. The van der Waals surface area contributed by atoms with E-state index in [-0.39, 0.29) is 11.2 Å². The van der Waals surface area contributed by atoms with Gasteiger partial charge in [-0.3, -0.25) is 4.79 Å². The van der Waals surface area contributed by atoms with E-state index in [2.05, 4.69) is 0 Å². The van der Waals surface area contributed by atoms with Gasteiger partial charge in [0.05, 0.1) is 0 Å². The molecular weight excluding hydrogens is 276 g/mol. The van der Waals surface area contributed by atoms with Crippen molar-refractivity contribution in [1.82, 2.24) is 0 Å². The molecule has 0 saturated heterocycles. The van der Waals surface area contributed by atoms with Gasteiger partial charge in [0.25, 0.3) is 0 Å². The van der Waals surface area contributed by atoms with Crippen molar-refractivity contribution >= 4 is 17.1 Å². The Labute approximate surface area is 132 Å². The second-order valence-corrected chi connectivity index (χ2v) is 7.45. The Hall–Kier alpha value is -2.03. The number of rotatable bonds is 3. The maximum Gasteiger partial charge on any atom is 0.150 e. The lowest BCUT2D eigenvalue weighted by Crippen LogP contribution is -2.23. The molecule has 0 aliphatic rings. The summed E-state index contributed by atoms with van der Waals surface area (Å²) in [5.74, 6) is 1.49. The molecule has 0 saturated carbocycles. The minimum absolute atomic E-state index is 0.262. The summed E-state index contributed by atoms with van der Waals surface area (Å²) < 4.78 is 12.0. The highest BCUT2D eigenvalue weighted by atomic mass is 16.5. The van der Waals surface area contributed by atoms with Crippen LogP contribution >= 0.6 is 0 Å². The predicted molar refractivity (Wildman–Crippen MR) is 90.1 cm³/mol. The molecule has 0 atom stereocenters. The molecule has 0 bridgehead atoms. The minimum Gasteiger partial charge on any atom is -0.488 e. The molecule has 118 valence electrons. The summed E-state index contributed by atoms with van der Waals surface area (Å²) in [5, 5.41) is 1.91. The van der Waals surface area contributed by atoms with E-state index in [9.17, 15) is 4.79 Å². The zero-order chi connectivity index (χ0) is 16.5. The van der Waals surface area contributed by atoms with Crippen LogP contribution in [0.25, 0.3) is 10.8 Å². The lowest BCUT2D eigenvalue weighted by molar-refractivity contribution is 0.111. The van der Waals surface area contributed by atoms with Gasteiger partial charge in [-0.2, -0.15) is 0 Å². The molecule has 0 aliphatic heterocycles. The summed E-state index contributed by atoms with van der Waals surface area (Å²) in [7, 11) is 0. The average Bonchev–Trinajstić information content (AvgIpc) is 2.35. The molecule has 0 unspecified atom stereocenters. The monoisotopic (exact) mass is 300 g/mol. The van der Waals surface area contributed by atoms with E-state index in [4.69, 9.17) is 9.47 Å². The van der Waals surface area contributed by atoms with Crippen LogP contribution in [0, 0.1) is 0 Å². The maximum atomic E-state index is 11.1.